The predicted octanol–water partition coefficient (Wildman–Crippen LogP) is 2.54. The van der Waals surface area contributed by atoms with Crippen molar-refractivity contribution in [2.75, 3.05) is 0 Å². The SMILES string of the molecule is CCC=CCC(CC1CC=CC(=O)O1)OC(C)=O. The number of carbonyl (C=O) groups excluding carboxylic acids is 2. The van der Waals surface area contributed by atoms with E-state index in [-0.39, 0.29) is 24.1 Å². The highest BCUT2D eigenvalue weighted by atomic mass is 16.6. The summed E-state index contributed by atoms with van der Waals surface area (Å²) in [7, 11) is 0. The highest BCUT2D eigenvalue weighted by Gasteiger charge is 2.22. The van der Waals surface area contributed by atoms with E-state index in [9.17, 15) is 9.59 Å². The maximum absolute atomic E-state index is 11.1. The lowest BCUT2D eigenvalue weighted by molar-refractivity contribution is -0.151. The van der Waals surface area contributed by atoms with Crippen molar-refractivity contribution < 1.29 is 19.1 Å². The van der Waals surface area contributed by atoms with Gasteiger partial charge in [0, 0.05) is 32.3 Å². The van der Waals surface area contributed by atoms with Crippen molar-refractivity contribution in [2.45, 2.75) is 51.7 Å². The van der Waals surface area contributed by atoms with Crippen LogP contribution in [0.25, 0.3) is 0 Å². The lowest BCUT2D eigenvalue weighted by Crippen LogP contribution is -2.27. The maximum atomic E-state index is 11.1. The monoisotopic (exact) mass is 252 g/mol. The molecular weight excluding hydrogens is 232 g/mol. The van der Waals surface area contributed by atoms with Gasteiger partial charge in [-0.3, -0.25) is 4.79 Å². The molecule has 0 fully saturated rings. The summed E-state index contributed by atoms with van der Waals surface area (Å²) in [5.74, 6) is -0.625. The average Bonchev–Trinajstić information content (AvgIpc) is 2.28. The molecule has 0 spiro atoms. The van der Waals surface area contributed by atoms with E-state index in [1.54, 1.807) is 6.08 Å². The second-order valence-corrected chi connectivity index (χ2v) is 4.28. The molecule has 0 saturated carbocycles. The van der Waals surface area contributed by atoms with Gasteiger partial charge in [0.05, 0.1) is 0 Å². The van der Waals surface area contributed by atoms with Crippen LogP contribution in [0.1, 0.15) is 39.5 Å². The van der Waals surface area contributed by atoms with Gasteiger partial charge in [-0.25, -0.2) is 4.79 Å². The lowest BCUT2D eigenvalue weighted by Gasteiger charge is -2.23. The van der Waals surface area contributed by atoms with Crippen molar-refractivity contribution in [3.63, 3.8) is 0 Å². The van der Waals surface area contributed by atoms with Crippen LogP contribution in [0.5, 0.6) is 0 Å². The average molecular weight is 252 g/mol. The van der Waals surface area contributed by atoms with Gasteiger partial charge in [-0.15, -0.1) is 0 Å². The Bertz CT molecular complexity index is 344. The van der Waals surface area contributed by atoms with Crippen LogP contribution in [0.4, 0.5) is 0 Å². The fourth-order valence-corrected chi connectivity index (χ4v) is 1.85. The molecule has 0 aromatic carbocycles. The first-order valence-electron chi connectivity index (χ1n) is 6.31. The Balaban J connectivity index is 2.49. The van der Waals surface area contributed by atoms with Gasteiger partial charge in [0.15, 0.2) is 0 Å². The van der Waals surface area contributed by atoms with Crippen molar-refractivity contribution in [1.29, 1.82) is 0 Å². The largest absolute Gasteiger partial charge is 0.462 e. The molecular formula is C14H20O4. The molecule has 1 aliphatic rings. The predicted molar refractivity (Wildman–Crippen MR) is 67.9 cm³/mol. The third kappa shape index (κ3) is 5.66. The third-order valence-corrected chi connectivity index (χ3v) is 2.60. The Kier molecular flexibility index (Phi) is 6.19. The molecule has 0 radical (unpaired) electrons. The molecule has 2 unspecified atom stereocenters. The molecule has 0 bridgehead atoms. The summed E-state index contributed by atoms with van der Waals surface area (Å²) in [6.07, 6.45) is 9.66. The van der Waals surface area contributed by atoms with Gasteiger partial charge in [-0.1, -0.05) is 25.2 Å². The van der Waals surface area contributed by atoms with Gasteiger partial charge in [-0.05, 0) is 6.42 Å². The zero-order chi connectivity index (χ0) is 13.4. The Morgan fingerprint density at radius 1 is 1.61 bits per heavy atom. The van der Waals surface area contributed by atoms with Crippen molar-refractivity contribution >= 4 is 11.9 Å². The fraction of sp³-hybridized carbons (Fsp3) is 0.571. The van der Waals surface area contributed by atoms with Crippen molar-refractivity contribution in [3.8, 4) is 0 Å². The van der Waals surface area contributed by atoms with Crippen LogP contribution in [0.2, 0.25) is 0 Å². The summed E-state index contributed by atoms with van der Waals surface area (Å²) in [6.45, 7) is 3.44. The number of hydrogen-bond donors (Lipinski definition) is 0. The van der Waals surface area contributed by atoms with Crippen molar-refractivity contribution in [1.82, 2.24) is 0 Å². The standard InChI is InChI=1S/C14H20O4/c1-3-4-5-7-12(17-11(2)15)10-13-8-6-9-14(16)18-13/h4-6,9,12-13H,3,7-8,10H2,1-2H3. The van der Waals surface area contributed by atoms with Gasteiger partial charge < -0.3 is 9.47 Å². The molecule has 1 heterocycles. The van der Waals surface area contributed by atoms with Crippen LogP contribution in [0.3, 0.4) is 0 Å². The van der Waals surface area contributed by atoms with Gasteiger partial charge >= 0.3 is 11.9 Å². The van der Waals surface area contributed by atoms with Crippen LogP contribution in [0, 0.1) is 0 Å². The molecule has 0 aliphatic carbocycles. The van der Waals surface area contributed by atoms with E-state index in [4.69, 9.17) is 9.47 Å². The topological polar surface area (TPSA) is 52.6 Å². The van der Waals surface area contributed by atoms with Crippen molar-refractivity contribution in [3.05, 3.63) is 24.3 Å². The molecule has 0 amide bonds. The summed E-state index contributed by atoms with van der Waals surface area (Å²) in [4.78, 5) is 22.1. The Morgan fingerprint density at radius 2 is 2.39 bits per heavy atom. The van der Waals surface area contributed by atoms with E-state index in [1.165, 1.54) is 13.0 Å². The van der Waals surface area contributed by atoms with E-state index in [1.807, 2.05) is 19.1 Å². The van der Waals surface area contributed by atoms with Gasteiger partial charge in [0.2, 0.25) is 0 Å². The normalized spacial score (nSPS) is 20.8. The van der Waals surface area contributed by atoms with E-state index in [0.29, 0.717) is 19.3 Å². The van der Waals surface area contributed by atoms with Crippen LogP contribution < -0.4 is 0 Å². The Labute approximate surface area is 108 Å². The zero-order valence-corrected chi connectivity index (χ0v) is 10.9. The highest BCUT2D eigenvalue weighted by Crippen LogP contribution is 2.17. The van der Waals surface area contributed by atoms with Crippen LogP contribution in [-0.2, 0) is 19.1 Å². The fourth-order valence-electron chi connectivity index (χ4n) is 1.85. The summed E-state index contributed by atoms with van der Waals surface area (Å²) < 4.78 is 10.4. The molecule has 0 aromatic heterocycles. The number of allylic oxidation sites excluding steroid dienone is 1. The van der Waals surface area contributed by atoms with E-state index < -0.39 is 0 Å². The molecule has 4 nitrogen and oxygen atoms in total. The van der Waals surface area contributed by atoms with Gasteiger partial charge in [-0.2, -0.15) is 0 Å². The number of carbonyl (C=O) groups is 2. The molecule has 18 heavy (non-hydrogen) atoms. The number of rotatable bonds is 6. The Morgan fingerprint density at radius 3 is 3.00 bits per heavy atom. The highest BCUT2D eigenvalue weighted by molar-refractivity contribution is 5.82. The molecule has 1 rings (SSSR count). The van der Waals surface area contributed by atoms with E-state index in [2.05, 4.69) is 0 Å². The summed E-state index contributed by atoms with van der Waals surface area (Å²) >= 11 is 0. The minimum atomic E-state index is -0.322. The summed E-state index contributed by atoms with van der Waals surface area (Å²) in [5.41, 5.74) is 0. The van der Waals surface area contributed by atoms with Crippen LogP contribution in [0.15, 0.2) is 24.3 Å². The molecule has 1 aliphatic heterocycles. The smallest absolute Gasteiger partial charge is 0.330 e. The van der Waals surface area contributed by atoms with Crippen molar-refractivity contribution in [2.24, 2.45) is 0 Å². The molecule has 0 aromatic rings. The molecule has 4 heteroatoms. The number of ether oxygens (including phenoxy) is 2. The third-order valence-electron chi connectivity index (χ3n) is 2.60. The Hall–Kier alpha value is -1.58. The van der Waals surface area contributed by atoms with Gasteiger partial charge in [0.25, 0.3) is 0 Å². The number of hydrogen-bond acceptors (Lipinski definition) is 4. The molecule has 2 atom stereocenters. The first kappa shape index (κ1) is 14.5. The summed E-state index contributed by atoms with van der Waals surface area (Å²) in [5, 5.41) is 0. The molecule has 100 valence electrons. The van der Waals surface area contributed by atoms with Crippen LogP contribution >= 0.6 is 0 Å². The van der Waals surface area contributed by atoms with Gasteiger partial charge in [0.1, 0.15) is 12.2 Å². The zero-order valence-electron chi connectivity index (χ0n) is 10.9. The van der Waals surface area contributed by atoms with E-state index in [0.717, 1.165) is 6.42 Å². The van der Waals surface area contributed by atoms with E-state index >= 15 is 0 Å². The second kappa shape index (κ2) is 7.69. The first-order chi connectivity index (χ1) is 8.61. The maximum Gasteiger partial charge on any atom is 0.330 e. The first-order valence-corrected chi connectivity index (χ1v) is 6.31. The molecule has 0 N–H and O–H groups in total. The minimum absolute atomic E-state index is 0.193. The number of esters is 2. The second-order valence-electron chi connectivity index (χ2n) is 4.28. The van der Waals surface area contributed by atoms with Crippen LogP contribution in [-0.4, -0.2) is 24.1 Å². The number of cyclic esters (lactones) is 1. The summed E-state index contributed by atoms with van der Waals surface area (Å²) in [6, 6.07) is 0. The molecule has 0 saturated heterocycles. The lowest BCUT2D eigenvalue weighted by atomic mass is 10.0. The minimum Gasteiger partial charge on any atom is -0.462 e. The quantitative estimate of drug-likeness (QED) is 0.538.